The third-order valence-electron chi connectivity index (χ3n) is 4.91. The second kappa shape index (κ2) is 7.33. The van der Waals surface area contributed by atoms with Crippen LogP contribution in [0.1, 0.15) is 55.8 Å². The number of piperidine rings is 1. The second-order valence-electron chi connectivity index (χ2n) is 6.59. The molecule has 2 aromatic rings. The molecule has 6 heteroatoms. The summed E-state index contributed by atoms with van der Waals surface area (Å²) < 4.78 is 12.5. The number of likely N-dealkylation sites (tertiary alicyclic amines) is 1. The zero-order valence-corrected chi connectivity index (χ0v) is 15.2. The van der Waals surface area contributed by atoms with Crippen molar-refractivity contribution in [3.05, 3.63) is 23.6 Å². The van der Waals surface area contributed by atoms with Crippen LogP contribution < -0.4 is 0 Å². The van der Waals surface area contributed by atoms with E-state index in [2.05, 4.69) is 6.92 Å². The first-order valence-electron chi connectivity index (χ1n) is 9.11. The topological polar surface area (TPSA) is 64.7 Å². The number of amides is 1. The van der Waals surface area contributed by atoms with Gasteiger partial charge in [0.1, 0.15) is 18.0 Å². The normalized spacial score (nSPS) is 17.9. The van der Waals surface area contributed by atoms with Gasteiger partial charge in [-0.1, -0.05) is 6.92 Å². The number of rotatable bonds is 5. The number of hydrogen-bond acceptors (Lipinski definition) is 4. The summed E-state index contributed by atoms with van der Waals surface area (Å²) >= 11 is 0. The largest absolute Gasteiger partial charge is 0.461 e. The lowest BCUT2D eigenvalue weighted by Gasteiger charge is -2.35. The Hall–Kier alpha value is -2.24. The average molecular weight is 346 g/mol. The molecule has 1 unspecified atom stereocenters. The first-order chi connectivity index (χ1) is 12.0. The molecule has 3 rings (SSSR count). The van der Waals surface area contributed by atoms with E-state index < -0.39 is 5.97 Å². The third kappa shape index (κ3) is 3.43. The summed E-state index contributed by atoms with van der Waals surface area (Å²) in [5.41, 5.74) is 1.74. The molecule has 1 fully saturated rings. The fraction of sp³-hybridized carbons (Fsp3) is 0.579. The Bertz CT molecular complexity index is 774. The summed E-state index contributed by atoms with van der Waals surface area (Å²) in [4.78, 5) is 27.2. The number of carbonyl (C=O) groups excluding carboxylic acids is 2. The van der Waals surface area contributed by atoms with E-state index in [1.807, 2.05) is 17.9 Å². The summed E-state index contributed by atoms with van der Waals surface area (Å²) in [5, 5.41) is 0. The molecular weight excluding hydrogens is 320 g/mol. The van der Waals surface area contributed by atoms with Gasteiger partial charge in [-0.2, -0.15) is 0 Å². The summed E-state index contributed by atoms with van der Waals surface area (Å²) in [7, 11) is 0. The van der Waals surface area contributed by atoms with Gasteiger partial charge in [-0.05, 0) is 39.5 Å². The molecule has 0 spiro atoms. The maximum Gasteiger partial charge on any atom is 0.355 e. The Balaban J connectivity index is 1.91. The van der Waals surface area contributed by atoms with Crippen molar-refractivity contribution in [2.24, 2.45) is 0 Å². The summed E-state index contributed by atoms with van der Waals surface area (Å²) in [6.45, 7) is 6.96. The smallest absolute Gasteiger partial charge is 0.355 e. The highest BCUT2D eigenvalue weighted by Gasteiger charge is 2.28. The van der Waals surface area contributed by atoms with Crippen molar-refractivity contribution in [2.45, 2.75) is 59.0 Å². The highest BCUT2D eigenvalue weighted by atomic mass is 16.5. The Morgan fingerprint density at radius 1 is 1.28 bits per heavy atom. The molecule has 6 nitrogen and oxygen atoms in total. The minimum Gasteiger partial charge on any atom is -0.461 e. The molecule has 25 heavy (non-hydrogen) atoms. The van der Waals surface area contributed by atoms with Crippen molar-refractivity contribution in [3.63, 3.8) is 0 Å². The first-order valence-corrected chi connectivity index (χ1v) is 9.11. The predicted octanol–water partition coefficient (Wildman–Crippen LogP) is 3.51. The van der Waals surface area contributed by atoms with Crippen LogP contribution >= 0.6 is 0 Å². The quantitative estimate of drug-likeness (QED) is 0.777. The highest BCUT2D eigenvalue weighted by Crippen LogP contribution is 2.26. The van der Waals surface area contributed by atoms with Gasteiger partial charge < -0.3 is 18.6 Å². The molecule has 0 aliphatic carbocycles. The zero-order chi connectivity index (χ0) is 18.0. The van der Waals surface area contributed by atoms with Gasteiger partial charge in [0, 0.05) is 24.7 Å². The van der Waals surface area contributed by atoms with Crippen LogP contribution in [0, 0.1) is 6.92 Å². The molecule has 0 N–H and O–H groups in total. The second-order valence-corrected chi connectivity index (χ2v) is 6.59. The zero-order valence-electron chi connectivity index (χ0n) is 15.2. The molecule has 1 amide bonds. The highest BCUT2D eigenvalue weighted by molar-refractivity contribution is 5.95. The van der Waals surface area contributed by atoms with Crippen molar-refractivity contribution in [1.82, 2.24) is 9.47 Å². The van der Waals surface area contributed by atoms with Crippen LogP contribution in [0.25, 0.3) is 11.1 Å². The SMILES string of the molecule is CCOC(=O)c1cc2oc(C)cc2n1CC(=O)N1CCCCC1CC. The van der Waals surface area contributed by atoms with E-state index in [0.29, 0.717) is 23.9 Å². The van der Waals surface area contributed by atoms with E-state index in [9.17, 15) is 9.59 Å². The molecule has 1 aliphatic rings. The average Bonchev–Trinajstić information content (AvgIpc) is 3.12. The molecule has 1 aliphatic heterocycles. The van der Waals surface area contributed by atoms with E-state index >= 15 is 0 Å². The van der Waals surface area contributed by atoms with Gasteiger partial charge in [-0.25, -0.2) is 4.79 Å². The fourth-order valence-electron chi connectivity index (χ4n) is 3.69. The van der Waals surface area contributed by atoms with Gasteiger partial charge in [0.15, 0.2) is 5.58 Å². The lowest BCUT2D eigenvalue weighted by atomic mass is 10.00. The Morgan fingerprint density at radius 3 is 2.80 bits per heavy atom. The van der Waals surface area contributed by atoms with Gasteiger partial charge in [0.2, 0.25) is 5.91 Å². The molecule has 2 aromatic heterocycles. The number of carbonyl (C=O) groups is 2. The van der Waals surface area contributed by atoms with Crippen molar-refractivity contribution in [3.8, 4) is 0 Å². The van der Waals surface area contributed by atoms with Crippen molar-refractivity contribution >= 4 is 23.0 Å². The van der Waals surface area contributed by atoms with E-state index in [1.54, 1.807) is 17.6 Å². The number of fused-ring (bicyclic) bond motifs is 1. The molecular formula is C19H26N2O4. The lowest BCUT2D eigenvalue weighted by Crippen LogP contribution is -2.45. The van der Waals surface area contributed by atoms with Crippen LogP contribution in [0.4, 0.5) is 0 Å². The van der Waals surface area contributed by atoms with Crippen LogP contribution in [0.2, 0.25) is 0 Å². The molecule has 0 aromatic carbocycles. The van der Waals surface area contributed by atoms with Gasteiger partial charge in [-0.3, -0.25) is 4.79 Å². The number of furan rings is 1. The Morgan fingerprint density at radius 2 is 2.08 bits per heavy atom. The monoisotopic (exact) mass is 346 g/mol. The lowest BCUT2D eigenvalue weighted by molar-refractivity contribution is -0.135. The predicted molar refractivity (Wildman–Crippen MR) is 94.5 cm³/mol. The van der Waals surface area contributed by atoms with Crippen molar-refractivity contribution in [2.75, 3.05) is 13.2 Å². The third-order valence-corrected chi connectivity index (χ3v) is 4.91. The van der Waals surface area contributed by atoms with Crippen molar-refractivity contribution in [1.29, 1.82) is 0 Å². The summed E-state index contributed by atoms with van der Waals surface area (Å²) in [6, 6.07) is 3.82. The Kier molecular flexibility index (Phi) is 5.16. The minimum atomic E-state index is -0.426. The van der Waals surface area contributed by atoms with Crippen LogP contribution in [0.3, 0.4) is 0 Å². The molecule has 136 valence electrons. The number of nitrogens with zero attached hydrogens (tertiary/aromatic N) is 2. The molecule has 0 radical (unpaired) electrons. The van der Waals surface area contributed by atoms with Crippen LogP contribution in [-0.4, -0.2) is 40.5 Å². The molecule has 1 saturated heterocycles. The van der Waals surface area contributed by atoms with Crippen LogP contribution in [0.15, 0.2) is 16.5 Å². The first kappa shape index (κ1) is 17.6. The Labute approximate surface area is 147 Å². The standard InChI is InChI=1S/C19H26N2O4/c1-4-14-8-6-7-9-20(14)18(22)12-21-15-10-13(3)25-17(15)11-16(21)19(23)24-5-2/h10-11,14H,4-9,12H2,1-3H3. The maximum absolute atomic E-state index is 12.9. The fourth-order valence-corrected chi connectivity index (χ4v) is 3.69. The molecule has 0 saturated carbocycles. The van der Waals surface area contributed by atoms with Crippen LogP contribution in [-0.2, 0) is 16.1 Å². The minimum absolute atomic E-state index is 0.0495. The van der Waals surface area contributed by atoms with E-state index in [0.717, 1.165) is 37.1 Å². The van der Waals surface area contributed by atoms with Gasteiger partial charge >= 0.3 is 5.97 Å². The van der Waals surface area contributed by atoms with Gasteiger partial charge in [-0.15, -0.1) is 0 Å². The van der Waals surface area contributed by atoms with E-state index in [4.69, 9.17) is 9.15 Å². The number of esters is 1. The summed E-state index contributed by atoms with van der Waals surface area (Å²) in [5.74, 6) is 0.379. The van der Waals surface area contributed by atoms with Crippen molar-refractivity contribution < 1.29 is 18.7 Å². The molecule has 3 heterocycles. The number of aromatic nitrogens is 1. The molecule has 1 atom stereocenters. The number of hydrogen-bond donors (Lipinski definition) is 0. The number of ether oxygens (including phenoxy) is 1. The van der Waals surface area contributed by atoms with E-state index in [-0.39, 0.29) is 12.5 Å². The summed E-state index contributed by atoms with van der Waals surface area (Å²) in [6.07, 6.45) is 4.23. The van der Waals surface area contributed by atoms with Gasteiger partial charge in [0.25, 0.3) is 0 Å². The van der Waals surface area contributed by atoms with E-state index in [1.165, 1.54) is 6.42 Å². The van der Waals surface area contributed by atoms with Gasteiger partial charge in [0.05, 0.1) is 12.1 Å². The number of aryl methyl sites for hydroxylation is 1. The van der Waals surface area contributed by atoms with Crippen LogP contribution in [0.5, 0.6) is 0 Å². The molecule has 0 bridgehead atoms. The maximum atomic E-state index is 12.9.